The van der Waals surface area contributed by atoms with Crippen LogP contribution in [0, 0.1) is 5.92 Å². The first-order valence-electron chi connectivity index (χ1n) is 6.08. The summed E-state index contributed by atoms with van der Waals surface area (Å²) in [6.07, 6.45) is 0. The summed E-state index contributed by atoms with van der Waals surface area (Å²) < 4.78 is 2.09. The third-order valence-corrected chi connectivity index (χ3v) is 4.82. The fourth-order valence-electron chi connectivity index (χ4n) is 1.58. The average Bonchev–Trinajstić information content (AvgIpc) is 2.85. The van der Waals surface area contributed by atoms with E-state index in [0.29, 0.717) is 5.92 Å². The van der Waals surface area contributed by atoms with Gasteiger partial charge in [-0.2, -0.15) is 0 Å². The van der Waals surface area contributed by atoms with E-state index in [2.05, 4.69) is 63.5 Å². The molecule has 0 amide bonds. The maximum atomic E-state index is 4.08. The highest BCUT2D eigenvalue weighted by Gasteiger charge is 2.07. The van der Waals surface area contributed by atoms with Crippen molar-refractivity contribution in [3.63, 3.8) is 0 Å². The predicted molar refractivity (Wildman–Crippen MR) is 84.7 cm³/mol. The number of halogens is 1. The quantitative estimate of drug-likeness (QED) is 0.840. The van der Waals surface area contributed by atoms with E-state index in [1.165, 1.54) is 10.5 Å². The van der Waals surface area contributed by atoms with Gasteiger partial charge in [0.1, 0.15) is 5.51 Å². The van der Waals surface area contributed by atoms with E-state index in [0.717, 1.165) is 21.9 Å². The Labute approximate surface area is 130 Å². The van der Waals surface area contributed by atoms with Crippen LogP contribution in [0.4, 0.5) is 0 Å². The lowest BCUT2D eigenvalue weighted by atomic mass is 10.2. The molecule has 0 aliphatic rings. The van der Waals surface area contributed by atoms with Gasteiger partial charge in [0.2, 0.25) is 0 Å². The van der Waals surface area contributed by atoms with Crippen LogP contribution in [0.3, 0.4) is 0 Å². The van der Waals surface area contributed by atoms with Gasteiger partial charge in [0, 0.05) is 15.9 Å². The van der Waals surface area contributed by atoms with Gasteiger partial charge in [-0.15, -0.1) is 10.2 Å². The molecule has 3 nitrogen and oxygen atoms in total. The van der Waals surface area contributed by atoms with Crippen molar-refractivity contribution in [3.05, 3.63) is 33.7 Å². The summed E-state index contributed by atoms with van der Waals surface area (Å²) in [7, 11) is 0. The molecule has 102 valence electrons. The predicted octanol–water partition coefficient (Wildman–Crippen LogP) is 4.20. The van der Waals surface area contributed by atoms with E-state index in [4.69, 9.17) is 0 Å². The Bertz CT molecular complexity index is 515. The summed E-state index contributed by atoms with van der Waals surface area (Å²) >= 11 is 6.77. The lowest BCUT2D eigenvalue weighted by Gasteiger charge is -2.11. The monoisotopic (exact) mass is 357 g/mol. The van der Waals surface area contributed by atoms with E-state index in [1.54, 1.807) is 28.6 Å². The summed E-state index contributed by atoms with van der Waals surface area (Å²) in [4.78, 5) is 1.23. The number of hydrogen-bond acceptors (Lipinski definition) is 5. The summed E-state index contributed by atoms with van der Waals surface area (Å²) in [6.45, 7) is 6.32. The number of hydrogen-bond donors (Lipinski definition) is 1. The van der Waals surface area contributed by atoms with Crippen molar-refractivity contribution in [1.82, 2.24) is 15.5 Å². The van der Waals surface area contributed by atoms with E-state index in [1.807, 2.05) is 0 Å². The van der Waals surface area contributed by atoms with Gasteiger partial charge in [0.05, 0.1) is 0 Å². The third-order valence-electron chi connectivity index (χ3n) is 2.43. The van der Waals surface area contributed by atoms with Crippen molar-refractivity contribution in [2.24, 2.45) is 5.92 Å². The minimum atomic E-state index is 0.659. The highest BCUT2D eigenvalue weighted by Crippen LogP contribution is 2.32. The maximum absolute atomic E-state index is 4.08. The minimum absolute atomic E-state index is 0.659. The zero-order chi connectivity index (χ0) is 13.7. The Morgan fingerprint density at radius 1 is 1.42 bits per heavy atom. The largest absolute Gasteiger partial charge is 0.312 e. The van der Waals surface area contributed by atoms with Crippen molar-refractivity contribution >= 4 is 39.0 Å². The minimum Gasteiger partial charge on any atom is -0.312 e. The second-order valence-electron chi connectivity index (χ2n) is 4.58. The van der Waals surface area contributed by atoms with Crippen LogP contribution < -0.4 is 5.32 Å². The van der Waals surface area contributed by atoms with Crippen LogP contribution in [-0.4, -0.2) is 16.7 Å². The first-order valence-corrected chi connectivity index (χ1v) is 8.57. The van der Waals surface area contributed by atoms with Gasteiger partial charge in [-0.05, 0) is 36.2 Å². The highest BCUT2D eigenvalue weighted by molar-refractivity contribution is 9.10. The lowest BCUT2D eigenvalue weighted by molar-refractivity contribution is 0.550. The molecule has 1 N–H and O–H groups in total. The molecule has 0 atom stereocenters. The zero-order valence-electron chi connectivity index (χ0n) is 10.9. The van der Waals surface area contributed by atoms with Crippen LogP contribution in [0.2, 0.25) is 0 Å². The van der Waals surface area contributed by atoms with Crippen LogP contribution >= 0.6 is 39.0 Å². The van der Waals surface area contributed by atoms with Crippen molar-refractivity contribution in [3.8, 4) is 0 Å². The number of benzene rings is 1. The SMILES string of the molecule is CC(C)CNCc1cc(Br)ccc1Sc1nncs1. The first-order chi connectivity index (χ1) is 9.15. The Morgan fingerprint density at radius 3 is 2.95 bits per heavy atom. The molecule has 1 aromatic carbocycles. The molecule has 19 heavy (non-hydrogen) atoms. The third kappa shape index (κ3) is 4.87. The van der Waals surface area contributed by atoms with E-state index in [-0.39, 0.29) is 0 Å². The van der Waals surface area contributed by atoms with Gasteiger partial charge in [0.25, 0.3) is 0 Å². The van der Waals surface area contributed by atoms with Crippen molar-refractivity contribution < 1.29 is 0 Å². The zero-order valence-corrected chi connectivity index (χ0v) is 14.1. The number of nitrogens with one attached hydrogen (secondary N) is 1. The summed E-state index contributed by atoms with van der Waals surface area (Å²) in [6, 6.07) is 6.36. The number of aromatic nitrogens is 2. The maximum Gasteiger partial charge on any atom is 0.178 e. The Kier molecular flexibility index (Phi) is 5.81. The summed E-state index contributed by atoms with van der Waals surface area (Å²) in [5.41, 5.74) is 3.05. The summed E-state index contributed by atoms with van der Waals surface area (Å²) in [5.74, 6) is 0.659. The molecule has 0 fully saturated rings. The van der Waals surface area contributed by atoms with Gasteiger partial charge in [0.15, 0.2) is 4.34 Å². The molecule has 6 heteroatoms. The molecule has 1 aromatic heterocycles. The molecular formula is C13H16BrN3S2. The second kappa shape index (κ2) is 7.38. The Hall–Kier alpha value is -0.430. The Balaban J connectivity index is 2.08. The van der Waals surface area contributed by atoms with Crippen LogP contribution in [0.5, 0.6) is 0 Å². The lowest BCUT2D eigenvalue weighted by Crippen LogP contribution is -2.19. The van der Waals surface area contributed by atoms with Gasteiger partial charge in [-0.1, -0.05) is 52.9 Å². The van der Waals surface area contributed by atoms with Gasteiger partial charge in [-0.3, -0.25) is 0 Å². The Morgan fingerprint density at radius 2 is 2.26 bits per heavy atom. The van der Waals surface area contributed by atoms with Crippen LogP contribution in [0.25, 0.3) is 0 Å². The summed E-state index contributed by atoms with van der Waals surface area (Å²) in [5, 5.41) is 11.4. The number of nitrogens with zero attached hydrogens (tertiary/aromatic N) is 2. The van der Waals surface area contributed by atoms with Gasteiger partial charge >= 0.3 is 0 Å². The van der Waals surface area contributed by atoms with Crippen LogP contribution in [0.15, 0.2) is 37.4 Å². The molecule has 2 aromatic rings. The molecular weight excluding hydrogens is 342 g/mol. The van der Waals surface area contributed by atoms with Crippen LogP contribution in [-0.2, 0) is 6.54 Å². The normalized spacial score (nSPS) is 11.2. The van der Waals surface area contributed by atoms with Crippen molar-refractivity contribution in [1.29, 1.82) is 0 Å². The molecule has 0 spiro atoms. The first kappa shape index (κ1) is 15.0. The van der Waals surface area contributed by atoms with Crippen molar-refractivity contribution in [2.45, 2.75) is 29.6 Å². The van der Waals surface area contributed by atoms with Gasteiger partial charge in [-0.25, -0.2) is 0 Å². The fraction of sp³-hybridized carbons (Fsp3) is 0.385. The molecule has 1 heterocycles. The molecule has 0 aliphatic heterocycles. The molecule has 0 radical (unpaired) electrons. The fourth-order valence-corrected chi connectivity index (χ4v) is 3.54. The number of rotatable bonds is 6. The molecule has 0 bridgehead atoms. The second-order valence-corrected chi connectivity index (χ2v) is 7.62. The standard InChI is InChI=1S/C13H16BrN3S2/c1-9(2)6-15-7-10-5-11(14)3-4-12(10)19-13-17-16-8-18-13/h3-5,8-9,15H,6-7H2,1-2H3. The molecule has 0 aliphatic carbocycles. The van der Waals surface area contributed by atoms with Gasteiger partial charge < -0.3 is 5.32 Å². The van der Waals surface area contributed by atoms with Crippen LogP contribution in [0.1, 0.15) is 19.4 Å². The topological polar surface area (TPSA) is 37.8 Å². The molecule has 0 saturated carbocycles. The van der Waals surface area contributed by atoms with E-state index in [9.17, 15) is 0 Å². The average molecular weight is 358 g/mol. The van der Waals surface area contributed by atoms with E-state index < -0.39 is 0 Å². The highest BCUT2D eigenvalue weighted by atomic mass is 79.9. The smallest absolute Gasteiger partial charge is 0.178 e. The molecule has 0 unspecified atom stereocenters. The van der Waals surface area contributed by atoms with Crippen molar-refractivity contribution in [2.75, 3.05) is 6.54 Å². The molecule has 2 rings (SSSR count). The van der Waals surface area contributed by atoms with E-state index >= 15 is 0 Å². The molecule has 0 saturated heterocycles.